The van der Waals surface area contributed by atoms with Crippen LogP contribution >= 0.6 is 23.4 Å². The minimum atomic E-state index is 0.800. The van der Waals surface area contributed by atoms with Gasteiger partial charge in [0.1, 0.15) is 0 Å². The number of aryl methyl sites for hydroxylation is 2. The van der Waals surface area contributed by atoms with Crippen LogP contribution in [0.2, 0.25) is 5.02 Å². The molecule has 0 unspecified atom stereocenters. The molecule has 0 fully saturated rings. The van der Waals surface area contributed by atoms with E-state index >= 15 is 0 Å². The van der Waals surface area contributed by atoms with Crippen molar-refractivity contribution in [1.82, 2.24) is 4.98 Å². The van der Waals surface area contributed by atoms with Crippen LogP contribution in [0.15, 0.2) is 17.0 Å². The lowest BCUT2D eigenvalue weighted by Crippen LogP contribution is -1.77. The maximum atomic E-state index is 6.13. The van der Waals surface area contributed by atoms with Gasteiger partial charge in [0.2, 0.25) is 0 Å². The zero-order chi connectivity index (χ0) is 10.3. The number of halogens is 1. The molecule has 0 aliphatic rings. The number of benzene rings is 1. The van der Waals surface area contributed by atoms with E-state index in [2.05, 4.69) is 31.2 Å². The molecule has 0 aliphatic heterocycles. The molecule has 3 heteroatoms. The van der Waals surface area contributed by atoms with Crippen LogP contribution in [0.4, 0.5) is 0 Å². The van der Waals surface area contributed by atoms with Crippen molar-refractivity contribution in [2.45, 2.75) is 18.7 Å². The first-order valence-electron chi connectivity index (χ1n) is 4.46. The van der Waals surface area contributed by atoms with Gasteiger partial charge in [0.05, 0.1) is 10.5 Å². The maximum absolute atomic E-state index is 6.13. The number of nitrogens with one attached hydrogen (secondary N) is 1. The lowest BCUT2D eigenvalue weighted by molar-refractivity contribution is 1.23. The lowest BCUT2D eigenvalue weighted by atomic mass is 10.1. The first-order valence-corrected chi connectivity index (χ1v) is 6.06. The van der Waals surface area contributed by atoms with E-state index in [1.54, 1.807) is 11.8 Å². The molecule has 1 nitrogen and oxygen atoms in total. The van der Waals surface area contributed by atoms with Gasteiger partial charge in [-0.05, 0) is 31.7 Å². The molecule has 0 bridgehead atoms. The molecule has 2 rings (SSSR count). The standard InChI is InChI=1S/C11H12ClNS/c1-6-4-5-8(12)10-9(6)11(14-3)7(2)13-10/h4-5,13H,1-3H3. The van der Waals surface area contributed by atoms with Crippen LogP contribution in [0.3, 0.4) is 0 Å². The van der Waals surface area contributed by atoms with Gasteiger partial charge in [-0.25, -0.2) is 0 Å². The molecule has 0 spiro atoms. The lowest BCUT2D eigenvalue weighted by Gasteiger charge is -2.00. The van der Waals surface area contributed by atoms with Crippen molar-refractivity contribution < 1.29 is 0 Å². The average Bonchev–Trinajstić information content (AvgIpc) is 2.50. The highest BCUT2D eigenvalue weighted by atomic mass is 35.5. The van der Waals surface area contributed by atoms with Gasteiger partial charge in [-0.15, -0.1) is 11.8 Å². The SMILES string of the molecule is CSc1c(C)[nH]c2c(Cl)ccc(C)c12. The van der Waals surface area contributed by atoms with Gasteiger partial charge in [-0.1, -0.05) is 17.7 Å². The Bertz CT molecular complexity index is 487. The van der Waals surface area contributed by atoms with Crippen molar-refractivity contribution in [2.24, 2.45) is 0 Å². The zero-order valence-electron chi connectivity index (χ0n) is 8.44. The smallest absolute Gasteiger partial charge is 0.0659 e. The maximum Gasteiger partial charge on any atom is 0.0659 e. The molecule has 1 N–H and O–H groups in total. The van der Waals surface area contributed by atoms with Crippen LogP contribution in [0.5, 0.6) is 0 Å². The molecular weight excluding hydrogens is 214 g/mol. The van der Waals surface area contributed by atoms with Gasteiger partial charge in [0, 0.05) is 16.0 Å². The molecule has 0 aliphatic carbocycles. The molecule has 2 aromatic rings. The number of fused-ring (bicyclic) bond motifs is 1. The third kappa shape index (κ3) is 1.33. The van der Waals surface area contributed by atoms with E-state index in [9.17, 15) is 0 Å². The predicted molar refractivity (Wildman–Crippen MR) is 64.6 cm³/mol. The molecule has 0 radical (unpaired) electrons. The Morgan fingerprint density at radius 1 is 1.29 bits per heavy atom. The van der Waals surface area contributed by atoms with E-state index in [1.165, 1.54) is 21.5 Å². The van der Waals surface area contributed by atoms with E-state index in [0.29, 0.717) is 0 Å². The third-order valence-corrected chi connectivity index (χ3v) is 3.68. The van der Waals surface area contributed by atoms with Gasteiger partial charge in [-0.2, -0.15) is 0 Å². The minimum Gasteiger partial charge on any atom is -0.356 e. The van der Waals surface area contributed by atoms with Crippen molar-refractivity contribution >= 4 is 34.3 Å². The first kappa shape index (κ1) is 9.94. The fourth-order valence-electron chi connectivity index (χ4n) is 1.78. The molecule has 0 saturated heterocycles. The van der Waals surface area contributed by atoms with Crippen molar-refractivity contribution in [1.29, 1.82) is 0 Å². The number of rotatable bonds is 1. The van der Waals surface area contributed by atoms with Gasteiger partial charge in [0.25, 0.3) is 0 Å². The van der Waals surface area contributed by atoms with E-state index in [1.807, 2.05) is 6.07 Å². The molecule has 0 atom stereocenters. The monoisotopic (exact) mass is 225 g/mol. The molecule has 0 saturated carbocycles. The molecule has 0 amide bonds. The number of thioether (sulfide) groups is 1. The Hall–Kier alpha value is -0.600. The molecule has 1 heterocycles. The summed E-state index contributed by atoms with van der Waals surface area (Å²) in [6.07, 6.45) is 2.09. The molecule has 1 aromatic carbocycles. The highest BCUT2D eigenvalue weighted by Crippen LogP contribution is 2.35. The van der Waals surface area contributed by atoms with Gasteiger partial charge in [-0.3, -0.25) is 0 Å². The molecule has 14 heavy (non-hydrogen) atoms. The van der Waals surface area contributed by atoms with E-state index in [-0.39, 0.29) is 0 Å². The largest absolute Gasteiger partial charge is 0.356 e. The van der Waals surface area contributed by atoms with Gasteiger partial charge < -0.3 is 4.98 Å². The molecular formula is C11H12ClNS. The minimum absolute atomic E-state index is 0.800. The summed E-state index contributed by atoms with van der Waals surface area (Å²) in [7, 11) is 0. The Morgan fingerprint density at radius 2 is 2.00 bits per heavy atom. The summed E-state index contributed by atoms with van der Waals surface area (Å²) < 4.78 is 0. The van der Waals surface area contributed by atoms with Gasteiger partial charge >= 0.3 is 0 Å². The van der Waals surface area contributed by atoms with E-state index < -0.39 is 0 Å². The van der Waals surface area contributed by atoms with Crippen molar-refractivity contribution in [3.8, 4) is 0 Å². The summed E-state index contributed by atoms with van der Waals surface area (Å²) in [6.45, 7) is 4.20. The van der Waals surface area contributed by atoms with Crippen LogP contribution in [-0.2, 0) is 0 Å². The number of hydrogen-bond donors (Lipinski definition) is 1. The number of H-pyrrole nitrogens is 1. The van der Waals surface area contributed by atoms with Crippen LogP contribution in [0.1, 0.15) is 11.3 Å². The normalized spacial score (nSPS) is 11.1. The Labute approximate surface area is 92.8 Å². The van der Waals surface area contributed by atoms with Crippen molar-refractivity contribution in [2.75, 3.05) is 6.26 Å². The van der Waals surface area contributed by atoms with Crippen molar-refractivity contribution in [3.63, 3.8) is 0 Å². The van der Waals surface area contributed by atoms with Crippen LogP contribution in [-0.4, -0.2) is 11.2 Å². The van der Waals surface area contributed by atoms with Gasteiger partial charge in [0.15, 0.2) is 0 Å². The first-order chi connectivity index (χ1) is 6.65. The van der Waals surface area contributed by atoms with E-state index in [4.69, 9.17) is 11.6 Å². The van der Waals surface area contributed by atoms with E-state index in [0.717, 1.165) is 10.5 Å². The number of hydrogen-bond acceptors (Lipinski definition) is 1. The summed E-state index contributed by atoms with van der Waals surface area (Å²) in [6, 6.07) is 4.01. The summed E-state index contributed by atoms with van der Waals surface area (Å²) >= 11 is 7.90. The Morgan fingerprint density at radius 3 is 2.64 bits per heavy atom. The average molecular weight is 226 g/mol. The Balaban J connectivity index is 2.93. The third-order valence-electron chi connectivity index (χ3n) is 2.45. The zero-order valence-corrected chi connectivity index (χ0v) is 10.0. The highest BCUT2D eigenvalue weighted by molar-refractivity contribution is 7.98. The fourth-order valence-corrected chi connectivity index (χ4v) is 2.81. The second-order valence-electron chi connectivity index (χ2n) is 3.40. The van der Waals surface area contributed by atoms with Crippen LogP contribution < -0.4 is 0 Å². The molecule has 1 aromatic heterocycles. The molecule has 74 valence electrons. The van der Waals surface area contributed by atoms with Crippen molar-refractivity contribution in [3.05, 3.63) is 28.4 Å². The van der Waals surface area contributed by atoms with Crippen LogP contribution in [0.25, 0.3) is 10.9 Å². The predicted octanol–water partition coefficient (Wildman–Crippen LogP) is 4.16. The topological polar surface area (TPSA) is 15.8 Å². The second-order valence-corrected chi connectivity index (χ2v) is 4.62. The fraction of sp³-hybridized carbons (Fsp3) is 0.273. The number of aromatic amines is 1. The quantitative estimate of drug-likeness (QED) is 0.721. The summed E-state index contributed by atoms with van der Waals surface area (Å²) in [5.41, 5.74) is 3.54. The highest BCUT2D eigenvalue weighted by Gasteiger charge is 2.11. The summed E-state index contributed by atoms with van der Waals surface area (Å²) in [4.78, 5) is 4.64. The number of aromatic nitrogens is 1. The Kier molecular flexibility index (Phi) is 2.50. The summed E-state index contributed by atoms with van der Waals surface area (Å²) in [5, 5.41) is 2.07. The van der Waals surface area contributed by atoms with Crippen LogP contribution in [0, 0.1) is 13.8 Å². The second kappa shape index (κ2) is 3.52. The summed E-state index contributed by atoms with van der Waals surface area (Å²) in [5.74, 6) is 0.